The van der Waals surface area contributed by atoms with E-state index in [1.165, 1.54) is 17.6 Å². The van der Waals surface area contributed by atoms with Crippen LogP contribution in [0.2, 0.25) is 5.02 Å². The van der Waals surface area contributed by atoms with E-state index in [2.05, 4.69) is 10.5 Å². The summed E-state index contributed by atoms with van der Waals surface area (Å²) in [5.74, 6) is 0.111. The summed E-state index contributed by atoms with van der Waals surface area (Å²) in [5.41, 5.74) is 4.18. The average Bonchev–Trinajstić information content (AvgIpc) is 3.16. The van der Waals surface area contributed by atoms with E-state index < -0.39 is 5.97 Å². The van der Waals surface area contributed by atoms with Gasteiger partial charge in [-0.3, -0.25) is 4.79 Å². The number of rotatable bonds is 7. The molecule has 4 rings (SSSR count). The van der Waals surface area contributed by atoms with Gasteiger partial charge >= 0.3 is 5.97 Å². The van der Waals surface area contributed by atoms with Crippen LogP contribution in [0.5, 0.6) is 11.5 Å². The Morgan fingerprint density at radius 2 is 1.82 bits per heavy atom. The molecule has 0 fully saturated rings. The molecule has 8 heteroatoms. The number of hydrogen-bond acceptors (Lipinski definition) is 6. The summed E-state index contributed by atoms with van der Waals surface area (Å²) < 4.78 is 11.8. The van der Waals surface area contributed by atoms with Crippen molar-refractivity contribution in [1.82, 2.24) is 5.43 Å². The molecule has 1 amide bonds. The van der Waals surface area contributed by atoms with Crippen molar-refractivity contribution < 1.29 is 19.1 Å². The molecule has 0 aliphatic carbocycles. The molecule has 33 heavy (non-hydrogen) atoms. The van der Waals surface area contributed by atoms with E-state index in [0.717, 1.165) is 21.2 Å². The number of nitrogens with zero attached hydrogens (tertiary/aromatic N) is 1. The number of halogens is 1. The third-order valence-corrected chi connectivity index (χ3v) is 6.23. The average molecular weight is 479 g/mol. The van der Waals surface area contributed by atoms with Gasteiger partial charge < -0.3 is 9.47 Å². The first-order chi connectivity index (χ1) is 16.0. The molecule has 0 saturated heterocycles. The number of fused-ring (bicyclic) bond motifs is 1. The van der Waals surface area contributed by atoms with Crippen molar-refractivity contribution in [3.63, 3.8) is 0 Å². The van der Waals surface area contributed by atoms with E-state index in [-0.39, 0.29) is 12.5 Å². The standard InChI is InChI=1S/C25H19ClN2O4S/c1-16-5-4-6-19(13-16)31-15-22(29)28-27-14-17-9-11-18(12-10-17)32-25(30)24-23(26)20-7-2-3-8-21(20)33-24/h2-14H,15H2,1H3,(H,28,29). The molecule has 0 bridgehead atoms. The highest BCUT2D eigenvalue weighted by Gasteiger charge is 2.18. The minimum atomic E-state index is -0.511. The Bertz CT molecular complexity index is 1330. The molecule has 0 radical (unpaired) electrons. The summed E-state index contributed by atoms with van der Waals surface area (Å²) in [4.78, 5) is 24.8. The molecular formula is C25H19ClN2O4S. The van der Waals surface area contributed by atoms with Gasteiger partial charge in [0.05, 0.1) is 11.2 Å². The first-order valence-corrected chi connectivity index (χ1v) is 11.2. The van der Waals surface area contributed by atoms with E-state index in [1.807, 2.05) is 49.4 Å². The van der Waals surface area contributed by atoms with Crippen LogP contribution >= 0.6 is 22.9 Å². The van der Waals surface area contributed by atoms with Gasteiger partial charge in [-0.05, 0) is 60.5 Å². The lowest BCUT2D eigenvalue weighted by atomic mass is 10.2. The smallest absolute Gasteiger partial charge is 0.355 e. The van der Waals surface area contributed by atoms with Crippen molar-refractivity contribution in [1.29, 1.82) is 0 Å². The fraction of sp³-hybridized carbons (Fsp3) is 0.0800. The summed E-state index contributed by atoms with van der Waals surface area (Å²) >= 11 is 7.63. The molecule has 6 nitrogen and oxygen atoms in total. The second-order valence-electron chi connectivity index (χ2n) is 7.10. The first kappa shape index (κ1) is 22.5. The van der Waals surface area contributed by atoms with Crippen molar-refractivity contribution >= 4 is 51.1 Å². The zero-order valence-corrected chi connectivity index (χ0v) is 19.2. The highest BCUT2D eigenvalue weighted by molar-refractivity contribution is 7.21. The number of hydrogen-bond donors (Lipinski definition) is 1. The minimum absolute atomic E-state index is 0.143. The lowest BCUT2D eigenvalue weighted by Crippen LogP contribution is -2.24. The Morgan fingerprint density at radius 3 is 2.58 bits per heavy atom. The van der Waals surface area contributed by atoms with Crippen LogP contribution in [-0.2, 0) is 4.79 Å². The Balaban J connectivity index is 1.29. The van der Waals surface area contributed by atoms with Crippen LogP contribution in [0.25, 0.3) is 10.1 Å². The monoisotopic (exact) mass is 478 g/mol. The van der Waals surface area contributed by atoms with E-state index in [9.17, 15) is 9.59 Å². The number of hydrazone groups is 1. The second-order valence-corrected chi connectivity index (χ2v) is 8.53. The maximum Gasteiger partial charge on any atom is 0.355 e. The molecule has 1 heterocycles. The molecule has 0 unspecified atom stereocenters. The zero-order valence-electron chi connectivity index (χ0n) is 17.6. The predicted molar refractivity (Wildman–Crippen MR) is 131 cm³/mol. The van der Waals surface area contributed by atoms with Gasteiger partial charge in [0.15, 0.2) is 6.61 Å². The third-order valence-electron chi connectivity index (χ3n) is 4.57. The van der Waals surface area contributed by atoms with Crippen LogP contribution in [0.1, 0.15) is 20.8 Å². The fourth-order valence-electron chi connectivity index (χ4n) is 2.99. The molecule has 1 N–H and O–H groups in total. The Hall–Kier alpha value is -3.68. The molecule has 0 atom stereocenters. The van der Waals surface area contributed by atoms with Gasteiger partial charge in [0.25, 0.3) is 5.91 Å². The van der Waals surface area contributed by atoms with Gasteiger partial charge in [0.1, 0.15) is 16.4 Å². The lowest BCUT2D eigenvalue weighted by molar-refractivity contribution is -0.123. The molecular weight excluding hydrogens is 460 g/mol. The zero-order chi connectivity index (χ0) is 23.2. The molecule has 0 aliphatic heterocycles. The van der Waals surface area contributed by atoms with Crippen molar-refractivity contribution in [2.45, 2.75) is 6.92 Å². The Morgan fingerprint density at radius 1 is 1.03 bits per heavy atom. The quantitative estimate of drug-likeness (QED) is 0.162. The number of nitrogens with one attached hydrogen (secondary N) is 1. The van der Waals surface area contributed by atoms with Crippen molar-refractivity contribution in [3.8, 4) is 11.5 Å². The van der Waals surface area contributed by atoms with E-state index in [0.29, 0.717) is 21.4 Å². The van der Waals surface area contributed by atoms with Crippen LogP contribution < -0.4 is 14.9 Å². The number of benzene rings is 3. The molecule has 166 valence electrons. The van der Waals surface area contributed by atoms with Crippen molar-refractivity contribution in [3.05, 3.63) is 93.8 Å². The second kappa shape index (κ2) is 10.3. The van der Waals surface area contributed by atoms with Gasteiger partial charge in [-0.15, -0.1) is 11.3 Å². The number of carbonyl (C=O) groups excluding carboxylic acids is 2. The van der Waals surface area contributed by atoms with Crippen LogP contribution in [0, 0.1) is 6.92 Å². The number of thiophene rings is 1. The number of esters is 1. The van der Waals surface area contributed by atoms with Gasteiger partial charge in [0.2, 0.25) is 0 Å². The van der Waals surface area contributed by atoms with Gasteiger partial charge in [-0.1, -0.05) is 41.9 Å². The maximum absolute atomic E-state index is 12.5. The highest BCUT2D eigenvalue weighted by Crippen LogP contribution is 2.35. The summed E-state index contributed by atoms with van der Waals surface area (Å²) in [6.07, 6.45) is 1.49. The molecule has 3 aromatic carbocycles. The van der Waals surface area contributed by atoms with E-state index in [4.69, 9.17) is 21.1 Å². The minimum Gasteiger partial charge on any atom is -0.484 e. The fourth-order valence-corrected chi connectivity index (χ4v) is 4.37. The molecule has 4 aromatic rings. The molecule has 0 aliphatic rings. The van der Waals surface area contributed by atoms with Crippen molar-refractivity contribution in [2.75, 3.05) is 6.61 Å². The van der Waals surface area contributed by atoms with Gasteiger partial charge in [0, 0.05) is 10.1 Å². The Labute approximate surface area is 199 Å². The van der Waals surface area contributed by atoms with E-state index >= 15 is 0 Å². The SMILES string of the molecule is Cc1cccc(OCC(=O)NN=Cc2ccc(OC(=O)c3sc4ccccc4c3Cl)cc2)c1. The van der Waals surface area contributed by atoms with Crippen LogP contribution in [-0.4, -0.2) is 24.7 Å². The van der Waals surface area contributed by atoms with Crippen LogP contribution in [0.4, 0.5) is 0 Å². The van der Waals surface area contributed by atoms with E-state index in [1.54, 1.807) is 30.3 Å². The summed E-state index contributed by atoms with van der Waals surface area (Å²) in [6.45, 7) is 1.80. The number of ether oxygens (including phenoxy) is 2. The normalized spacial score (nSPS) is 11.0. The highest BCUT2D eigenvalue weighted by atomic mass is 35.5. The summed E-state index contributed by atoms with van der Waals surface area (Å²) in [6, 6.07) is 21.7. The molecule has 0 saturated carbocycles. The number of amides is 1. The van der Waals surface area contributed by atoms with Crippen LogP contribution in [0.3, 0.4) is 0 Å². The van der Waals surface area contributed by atoms with Gasteiger partial charge in [-0.2, -0.15) is 5.10 Å². The third kappa shape index (κ3) is 5.77. The largest absolute Gasteiger partial charge is 0.484 e. The molecule has 0 spiro atoms. The lowest BCUT2D eigenvalue weighted by Gasteiger charge is -2.05. The number of carbonyl (C=O) groups is 2. The molecule has 1 aromatic heterocycles. The number of aryl methyl sites for hydroxylation is 1. The summed E-state index contributed by atoms with van der Waals surface area (Å²) in [5, 5.41) is 5.14. The van der Waals surface area contributed by atoms with Gasteiger partial charge in [-0.25, -0.2) is 10.2 Å². The topological polar surface area (TPSA) is 77.0 Å². The first-order valence-electron chi connectivity index (χ1n) is 10.0. The maximum atomic E-state index is 12.5. The van der Waals surface area contributed by atoms with Crippen LogP contribution in [0.15, 0.2) is 77.9 Å². The van der Waals surface area contributed by atoms with Crippen molar-refractivity contribution in [2.24, 2.45) is 5.10 Å². The summed E-state index contributed by atoms with van der Waals surface area (Å²) in [7, 11) is 0. The Kier molecular flexibility index (Phi) is 7.02. The predicted octanol–water partition coefficient (Wildman–Crippen LogP) is 5.61.